The largest absolute Gasteiger partial charge is 0.393 e. The van der Waals surface area contributed by atoms with E-state index in [2.05, 4.69) is 0 Å². The molecule has 1 fully saturated rings. The predicted molar refractivity (Wildman–Crippen MR) is 44.6 cm³/mol. The monoisotopic (exact) mass is 178 g/mol. The maximum Gasteiger partial charge on any atom is 0.106 e. The van der Waals surface area contributed by atoms with Crippen LogP contribution in [-0.4, -0.2) is 44.8 Å². The summed E-state index contributed by atoms with van der Waals surface area (Å²) in [7, 11) is 0. The Balaban J connectivity index is 0.000000561. The molecular weight excluding hydrogens is 160 g/mol. The fourth-order valence-corrected chi connectivity index (χ4v) is 1.19. The van der Waals surface area contributed by atoms with Gasteiger partial charge in [0, 0.05) is 12.8 Å². The molecule has 4 nitrogen and oxygen atoms in total. The second kappa shape index (κ2) is 5.48. The van der Waals surface area contributed by atoms with Crippen molar-refractivity contribution in [3.05, 3.63) is 0 Å². The summed E-state index contributed by atoms with van der Waals surface area (Å²) >= 11 is 0. The van der Waals surface area contributed by atoms with Crippen LogP contribution in [-0.2, 0) is 0 Å². The van der Waals surface area contributed by atoms with Crippen molar-refractivity contribution in [2.75, 3.05) is 0 Å². The number of rotatable bonds is 0. The van der Waals surface area contributed by atoms with Crippen molar-refractivity contribution in [2.24, 2.45) is 0 Å². The summed E-state index contributed by atoms with van der Waals surface area (Å²) in [6.45, 7) is 4.00. The first-order valence-corrected chi connectivity index (χ1v) is 4.33. The van der Waals surface area contributed by atoms with Crippen molar-refractivity contribution in [1.29, 1.82) is 0 Å². The summed E-state index contributed by atoms with van der Waals surface area (Å²) in [6, 6.07) is 0. The molecule has 0 heterocycles. The van der Waals surface area contributed by atoms with Crippen LogP contribution < -0.4 is 0 Å². The van der Waals surface area contributed by atoms with E-state index >= 15 is 0 Å². The van der Waals surface area contributed by atoms with E-state index in [0.29, 0.717) is 0 Å². The highest BCUT2D eigenvalue weighted by Gasteiger charge is 2.33. The van der Waals surface area contributed by atoms with E-state index in [-0.39, 0.29) is 12.8 Å². The summed E-state index contributed by atoms with van der Waals surface area (Å²) in [5.41, 5.74) is 0. The highest BCUT2D eigenvalue weighted by atomic mass is 16.4. The molecule has 1 rings (SSSR count). The summed E-state index contributed by atoms with van der Waals surface area (Å²) < 4.78 is 0. The lowest BCUT2D eigenvalue weighted by Gasteiger charge is -2.31. The topological polar surface area (TPSA) is 80.9 Å². The minimum absolute atomic E-state index is 0.151. The zero-order valence-corrected chi connectivity index (χ0v) is 7.51. The fourth-order valence-electron chi connectivity index (χ4n) is 1.19. The fraction of sp³-hybridized carbons (Fsp3) is 1.00. The first-order chi connectivity index (χ1) is 5.61. The smallest absolute Gasteiger partial charge is 0.106 e. The molecule has 74 valence electrons. The Morgan fingerprint density at radius 2 is 1.17 bits per heavy atom. The van der Waals surface area contributed by atoms with E-state index < -0.39 is 24.4 Å². The van der Waals surface area contributed by atoms with Crippen LogP contribution in [0.5, 0.6) is 0 Å². The molecule has 0 amide bonds. The van der Waals surface area contributed by atoms with Gasteiger partial charge in [-0.1, -0.05) is 13.8 Å². The van der Waals surface area contributed by atoms with Crippen molar-refractivity contribution in [1.82, 2.24) is 0 Å². The Labute approximate surface area is 72.5 Å². The Morgan fingerprint density at radius 3 is 1.50 bits per heavy atom. The average Bonchev–Trinajstić information content (AvgIpc) is 2.04. The zero-order chi connectivity index (χ0) is 9.72. The molecule has 1 saturated carbocycles. The van der Waals surface area contributed by atoms with Gasteiger partial charge < -0.3 is 20.4 Å². The van der Waals surface area contributed by atoms with Gasteiger partial charge in [-0.3, -0.25) is 0 Å². The van der Waals surface area contributed by atoms with Crippen molar-refractivity contribution in [3.63, 3.8) is 0 Å². The molecule has 0 aliphatic heterocycles. The molecule has 1 aliphatic rings. The first-order valence-electron chi connectivity index (χ1n) is 4.33. The Bertz CT molecular complexity index is 106. The van der Waals surface area contributed by atoms with E-state index in [9.17, 15) is 0 Å². The van der Waals surface area contributed by atoms with E-state index in [1.54, 1.807) is 0 Å². The van der Waals surface area contributed by atoms with Crippen LogP contribution >= 0.6 is 0 Å². The Kier molecular flexibility index (Phi) is 5.41. The summed E-state index contributed by atoms with van der Waals surface area (Å²) in [5.74, 6) is 0. The van der Waals surface area contributed by atoms with Crippen molar-refractivity contribution in [3.8, 4) is 0 Å². The standard InChI is InChI=1S/C6H12O4.C2H6/c7-3-1-4(8)6(10)5(9)2-3;1-2/h3-10H,1-2H2;1-2H3. The number of aliphatic hydroxyl groups excluding tert-OH is 4. The van der Waals surface area contributed by atoms with Crippen LogP contribution in [0.4, 0.5) is 0 Å². The molecule has 0 aromatic rings. The third-order valence-corrected chi connectivity index (χ3v) is 1.82. The second-order valence-corrected chi connectivity index (χ2v) is 2.75. The van der Waals surface area contributed by atoms with E-state index in [1.165, 1.54) is 0 Å². The molecule has 0 bridgehead atoms. The molecule has 0 aromatic carbocycles. The normalized spacial score (nSPS) is 41.5. The van der Waals surface area contributed by atoms with E-state index in [4.69, 9.17) is 20.4 Å². The van der Waals surface area contributed by atoms with E-state index in [1.807, 2.05) is 13.8 Å². The van der Waals surface area contributed by atoms with Crippen molar-refractivity contribution in [2.45, 2.75) is 51.1 Å². The minimum Gasteiger partial charge on any atom is -0.393 e. The second-order valence-electron chi connectivity index (χ2n) is 2.75. The van der Waals surface area contributed by atoms with Gasteiger partial charge in [0.25, 0.3) is 0 Å². The predicted octanol–water partition coefficient (Wildman–Crippen LogP) is -0.750. The molecule has 2 atom stereocenters. The summed E-state index contributed by atoms with van der Waals surface area (Å²) in [4.78, 5) is 0. The van der Waals surface area contributed by atoms with E-state index in [0.717, 1.165) is 0 Å². The Morgan fingerprint density at radius 1 is 0.833 bits per heavy atom. The van der Waals surface area contributed by atoms with Crippen LogP contribution in [0, 0.1) is 0 Å². The highest BCUT2D eigenvalue weighted by Crippen LogP contribution is 2.19. The lowest BCUT2D eigenvalue weighted by Crippen LogP contribution is -2.46. The lowest BCUT2D eigenvalue weighted by atomic mass is 9.90. The molecule has 0 aromatic heterocycles. The van der Waals surface area contributed by atoms with Crippen LogP contribution in [0.1, 0.15) is 26.7 Å². The van der Waals surface area contributed by atoms with Gasteiger partial charge in [0.15, 0.2) is 0 Å². The molecule has 1 aliphatic carbocycles. The van der Waals surface area contributed by atoms with Gasteiger partial charge in [0.05, 0.1) is 18.3 Å². The third kappa shape index (κ3) is 3.06. The Hall–Kier alpha value is -0.160. The minimum atomic E-state index is -1.09. The maximum absolute atomic E-state index is 8.95. The van der Waals surface area contributed by atoms with Gasteiger partial charge in [0.2, 0.25) is 0 Å². The van der Waals surface area contributed by atoms with Gasteiger partial charge in [-0.15, -0.1) is 0 Å². The first kappa shape index (κ1) is 11.8. The molecule has 0 spiro atoms. The molecule has 4 heteroatoms. The molecular formula is C8H18O4. The molecule has 0 radical (unpaired) electrons. The third-order valence-electron chi connectivity index (χ3n) is 1.82. The van der Waals surface area contributed by atoms with Crippen LogP contribution in [0.25, 0.3) is 0 Å². The van der Waals surface area contributed by atoms with Crippen LogP contribution in [0.15, 0.2) is 0 Å². The maximum atomic E-state index is 8.95. The van der Waals surface area contributed by atoms with Crippen molar-refractivity contribution >= 4 is 0 Å². The number of hydrogen-bond donors (Lipinski definition) is 4. The summed E-state index contributed by atoms with van der Waals surface area (Å²) in [6.07, 6.45) is -3.45. The van der Waals surface area contributed by atoms with Crippen LogP contribution in [0.3, 0.4) is 0 Å². The lowest BCUT2D eigenvalue weighted by molar-refractivity contribution is -0.116. The average molecular weight is 178 g/mol. The summed E-state index contributed by atoms with van der Waals surface area (Å²) in [5, 5.41) is 35.8. The quantitative estimate of drug-likeness (QED) is 0.393. The number of aliphatic hydroxyl groups is 4. The van der Waals surface area contributed by atoms with Gasteiger partial charge in [-0.05, 0) is 0 Å². The van der Waals surface area contributed by atoms with Crippen LogP contribution in [0.2, 0.25) is 0 Å². The highest BCUT2D eigenvalue weighted by molar-refractivity contribution is 4.85. The van der Waals surface area contributed by atoms with Gasteiger partial charge in [0.1, 0.15) is 6.10 Å². The molecule has 2 unspecified atom stereocenters. The van der Waals surface area contributed by atoms with Gasteiger partial charge in [-0.25, -0.2) is 0 Å². The van der Waals surface area contributed by atoms with Crippen molar-refractivity contribution < 1.29 is 20.4 Å². The zero-order valence-electron chi connectivity index (χ0n) is 7.51. The SMILES string of the molecule is CC.OC1CC(O)C(O)C(O)C1. The molecule has 0 saturated heterocycles. The van der Waals surface area contributed by atoms with Gasteiger partial charge >= 0.3 is 0 Å². The molecule has 4 N–H and O–H groups in total. The molecule has 12 heavy (non-hydrogen) atoms. The number of hydrogen-bond acceptors (Lipinski definition) is 4. The van der Waals surface area contributed by atoms with Gasteiger partial charge in [-0.2, -0.15) is 0 Å².